The number of hydrogen-bond acceptors (Lipinski definition) is 6. The quantitative estimate of drug-likeness (QED) is 0.816. The molecule has 0 spiro atoms. The lowest BCUT2D eigenvalue weighted by atomic mass is 10.2. The van der Waals surface area contributed by atoms with Crippen molar-refractivity contribution in [3.05, 3.63) is 35.5 Å². The molecule has 134 valence electrons. The summed E-state index contributed by atoms with van der Waals surface area (Å²) >= 11 is 1.59. The minimum absolute atomic E-state index is 0.179. The second-order valence-electron chi connectivity index (χ2n) is 6.60. The maximum absolute atomic E-state index is 13.0. The summed E-state index contributed by atoms with van der Waals surface area (Å²) in [5.74, 6) is 0.383. The third-order valence-electron chi connectivity index (χ3n) is 4.94. The summed E-state index contributed by atoms with van der Waals surface area (Å²) in [7, 11) is -2.83. The molecule has 0 N–H and O–H groups in total. The Morgan fingerprint density at radius 3 is 2.48 bits per heavy atom. The normalized spacial score (nSPS) is 23.9. The van der Waals surface area contributed by atoms with E-state index in [1.807, 2.05) is 5.38 Å². The van der Waals surface area contributed by atoms with E-state index in [0.717, 1.165) is 49.0 Å². The van der Waals surface area contributed by atoms with Crippen LogP contribution in [0.2, 0.25) is 0 Å². The first-order valence-corrected chi connectivity index (χ1v) is 11.1. The van der Waals surface area contributed by atoms with Gasteiger partial charge in [-0.2, -0.15) is 0 Å². The van der Waals surface area contributed by atoms with Gasteiger partial charge in [0.1, 0.15) is 5.82 Å². The third-order valence-corrected chi connectivity index (χ3v) is 7.59. The molecule has 0 radical (unpaired) electrons. The smallest absolute Gasteiger partial charge is 0.185 e. The highest BCUT2D eigenvalue weighted by atomic mass is 32.2. The SMILES string of the molecule is O=S1(=O)CCC(N2CCN(c3nc(-c4ccc(F)cc4)cs3)CC2)C1. The summed E-state index contributed by atoms with van der Waals surface area (Å²) in [5, 5.41) is 2.97. The van der Waals surface area contributed by atoms with Crippen LogP contribution >= 0.6 is 11.3 Å². The first-order chi connectivity index (χ1) is 12.0. The van der Waals surface area contributed by atoms with E-state index >= 15 is 0 Å². The zero-order valence-corrected chi connectivity index (χ0v) is 15.4. The Kier molecular flexibility index (Phi) is 4.51. The van der Waals surface area contributed by atoms with Gasteiger partial charge in [-0.1, -0.05) is 0 Å². The van der Waals surface area contributed by atoms with Gasteiger partial charge in [0.15, 0.2) is 15.0 Å². The highest BCUT2D eigenvalue weighted by molar-refractivity contribution is 7.91. The summed E-state index contributed by atoms with van der Waals surface area (Å²) in [6, 6.07) is 6.56. The fourth-order valence-electron chi connectivity index (χ4n) is 3.50. The van der Waals surface area contributed by atoms with Gasteiger partial charge in [-0.05, 0) is 30.7 Å². The lowest BCUT2D eigenvalue weighted by molar-refractivity contribution is 0.200. The Balaban J connectivity index is 1.39. The average Bonchev–Trinajstić information content (AvgIpc) is 3.22. The molecule has 1 unspecified atom stereocenters. The molecule has 2 fully saturated rings. The van der Waals surface area contributed by atoms with Crippen LogP contribution in [-0.2, 0) is 9.84 Å². The summed E-state index contributed by atoms with van der Waals surface area (Å²) in [4.78, 5) is 9.24. The molecule has 8 heteroatoms. The summed E-state index contributed by atoms with van der Waals surface area (Å²) in [5.41, 5.74) is 1.78. The van der Waals surface area contributed by atoms with Gasteiger partial charge in [0.2, 0.25) is 0 Å². The van der Waals surface area contributed by atoms with Crippen molar-refractivity contribution in [3.8, 4) is 11.3 Å². The molecule has 2 saturated heterocycles. The van der Waals surface area contributed by atoms with Crippen LogP contribution in [0, 0.1) is 5.82 Å². The van der Waals surface area contributed by atoms with Gasteiger partial charge in [-0.25, -0.2) is 17.8 Å². The molecule has 0 aliphatic carbocycles. The van der Waals surface area contributed by atoms with E-state index in [-0.39, 0.29) is 11.9 Å². The van der Waals surface area contributed by atoms with E-state index in [1.165, 1.54) is 12.1 Å². The maximum atomic E-state index is 13.0. The molecule has 1 atom stereocenters. The third kappa shape index (κ3) is 3.70. The fourth-order valence-corrected chi connectivity index (χ4v) is 6.15. The number of thiazole rings is 1. The van der Waals surface area contributed by atoms with E-state index in [2.05, 4.69) is 14.8 Å². The Hall–Kier alpha value is -1.51. The Morgan fingerprint density at radius 2 is 1.84 bits per heavy atom. The van der Waals surface area contributed by atoms with Crippen molar-refractivity contribution in [2.75, 3.05) is 42.6 Å². The number of sulfone groups is 1. The van der Waals surface area contributed by atoms with Crippen LogP contribution in [0.3, 0.4) is 0 Å². The number of rotatable bonds is 3. The van der Waals surface area contributed by atoms with Gasteiger partial charge in [-0.15, -0.1) is 11.3 Å². The van der Waals surface area contributed by atoms with Gasteiger partial charge >= 0.3 is 0 Å². The predicted octanol–water partition coefficient (Wildman–Crippen LogP) is 2.26. The standard InChI is InChI=1S/C17H20FN3O2S2/c18-14-3-1-13(2-4-14)16-11-24-17(19-16)21-8-6-20(7-9-21)15-5-10-25(22,23)12-15/h1-4,11,15H,5-10,12H2. The second-order valence-corrected chi connectivity index (χ2v) is 9.67. The molecule has 1 aromatic heterocycles. The number of hydrogen-bond donors (Lipinski definition) is 0. The van der Waals surface area contributed by atoms with Crippen molar-refractivity contribution in [3.63, 3.8) is 0 Å². The molecule has 2 aromatic rings. The highest BCUT2D eigenvalue weighted by Crippen LogP contribution is 2.29. The van der Waals surface area contributed by atoms with Crippen molar-refractivity contribution in [1.82, 2.24) is 9.88 Å². The molecule has 0 saturated carbocycles. The summed E-state index contributed by atoms with van der Waals surface area (Å²) in [6.07, 6.45) is 0.758. The average molecular weight is 381 g/mol. The number of piperazine rings is 1. The molecule has 0 bridgehead atoms. The first-order valence-electron chi connectivity index (χ1n) is 8.41. The van der Waals surface area contributed by atoms with E-state index in [9.17, 15) is 12.8 Å². The van der Waals surface area contributed by atoms with Crippen LogP contribution in [-0.4, -0.2) is 62.0 Å². The molecule has 1 aromatic carbocycles. The zero-order chi connectivity index (χ0) is 17.4. The predicted molar refractivity (Wildman–Crippen MR) is 98.4 cm³/mol. The van der Waals surface area contributed by atoms with E-state index in [4.69, 9.17) is 0 Å². The van der Waals surface area contributed by atoms with Gasteiger partial charge in [0.25, 0.3) is 0 Å². The van der Waals surface area contributed by atoms with Crippen molar-refractivity contribution in [2.24, 2.45) is 0 Å². The molecule has 0 amide bonds. The number of aromatic nitrogens is 1. The molecule has 4 rings (SSSR count). The topological polar surface area (TPSA) is 53.5 Å². The van der Waals surface area contributed by atoms with Crippen LogP contribution < -0.4 is 4.90 Å². The Morgan fingerprint density at radius 1 is 1.12 bits per heavy atom. The zero-order valence-electron chi connectivity index (χ0n) is 13.8. The molecule has 2 aliphatic heterocycles. The van der Waals surface area contributed by atoms with E-state index in [0.29, 0.717) is 11.5 Å². The van der Waals surface area contributed by atoms with Crippen molar-refractivity contribution >= 4 is 26.3 Å². The second kappa shape index (κ2) is 6.66. The highest BCUT2D eigenvalue weighted by Gasteiger charge is 2.34. The number of benzene rings is 1. The van der Waals surface area contributed by atoms with Crippen molar-refractivity contribution < 1.29 is 12.8 Å². The van der Waals surface area contributed by atoms with Crippen LogP contribution in [0.4, 0.5) is 9.52 Å². The molecule has 25 heavy (non-hydrogen) atoms. The van der Waals surface area contributed by atoms with E-state index < -0.39 is 9.84 Å². The minimum Gasteiger partial charge on any atom is -0.346 e. The molecule has 2 aliphatic rings. The van der Waals surface area contributed by atoms with Crippen LogP contribution in [0.15, 0.2) is 29.6 Å². The van der Waals surface area contributed by atoms with Crippen molar-refractivity contribution in [2.45, 2.75) is 12.5 Å². The lowest BCUT2D eigenvalue weighted by Gasteiger charge is -2.37. The maximum Gasteiger partial charge on any atom is 0.185 e. The van der Waals surface area contributed by atoms with Crippen molar-refractivity contribution in [1.29, 1.82) is 0 Å². The number of halogens is 1. The Labute approximate surface area is 151 Å². The minimum atomic E-state index is -2.83. The summed E-state index contributed by atoms with van der Waals surface area (Å²) in [6.45, 7) is 3.44. The lowest BCUT2D eigenvalue weighted by Crippen LogP contribution is -2.50. The van der Waals surface area contributed by atoms with Crippen LogP contribution in [0.1, 0.15) is 6.42 Å². The summed E-state index contributed by atoms with van der Waals surface area (Å²) < 4.78 is 36.4. The molecule has 5 nitrogen and oxygen atoms in total. The number of nitrogens with zero attached hydrogens (tertiary/aromatic N) is 3. The number of anilines is 1. The molecular weight excluding hydrogens is 361 g/mol. The Bertz CT molecular complexity index is 843. The van der Waals surface area contributed by atoms with Crippen LogP contribution in [0.5, 0.6) is 0 Å². The van der Waals surface area contributed by atoms with E-state index in [1.54, 1.807) is 23.5 Å². The fraction of sp³-hybridized carbons (Fsp3) is 0.471. The molecular formula is C17H20FN3O2S2. The first kappa shape index (κ1) is 16.9. The molecule has 3 heterocycles. The van der Waals surface area contributed by atoms with Crippen LogP contribution in [0.25, 0.3) is 11.3 Å². The largest absolute Gasteiger partial charge is 0.346 e. The monoisotopic (exact) mass is 381 g/mol. The van der Waals surface area contributed by atoms with Gasteiger partial charge in [0, 0.05) is 43.2 Å². The van der Waals surface area contributed by atoms with Gasteiger partial charge in [0.05, 0.1) is 17.2 Å². The van der Waals surface area contributed by atoms with Gasteiger partial charge < -0.3 is 4.90 Å². The van der Waals surface area contributed by atoms with Gasteiger partial charge in [-0.3, -0.25) is 4.90 Å².